The number of nitrogens with one attached hydrogen (secondary N) is 1. The SMILES string of the molecule is CC(C)NC(=O)C(C)N(Cc1cccc(Cl)c1)C(=O)CN(c1ccc(I)cc1)S(=O)(=O)c1ccccc1. The Bertz CT molecular complexity index is 1340. The van der Waals surface area contributed by atoms with Crippen molar-refractivity contribution in [3.8, 4) is 0 Å². The Balaban J connectivity index is 2.01. The van der Waals surface area contributed by atoms with Gasteiger partial charge < -0.3 is 10.2 Å². The predicted molar refractivity (Wildman–Crippen MR) is 155 cm³/mol. The second-order valence-corrected chi connectivity index (χ2v) is 12.3. The number of nitrogens with zero attached hydrogens (tertiary/aromatic N) is 2. The Kier molecular flexibility index (Phi) is 9.97. The largest absolute Gasteiger partial charge is 0.352 e. The molecule has 0 spiro atoms. The average Bonchev–Trinajstić information content (AvgIpc) is 2.86. The standard InChI is InChI=1S/C27H29ClIN3O4S/c1-19(2)30-27(34)20(3)31(17-21-8-7-9-22(28)16-21)26(33)18-32(24-14-12-23(29)13-15-24)37(35,36)25-10-5-4-6-11-25/h4-16,19-20H,17-18H2,1-3H3,(H,30,34). The lowest BCUT2D eigenvalue weighted by atomic mass is 10.1. The number of carbonyl (C=O) groups is 2. The lowest BCUT2D eigenvalue weighted by Gasteiger charge is -2.32. The summed E-state index contributed by atoms with van der Waals surface area (Å²) in [6.07, 6.45) is 0. The second kappa shape index (κ2) is 12.7. The van der Waals surface area contributed by atoms with Gasteiger partial charge in [-0.25, -0.2) is 8.42 Å². The van der Waals surface area contributed by atoms with E-state index in [-0.39, 0.29) is 23.4 Å². The van der Waals surface area contributed by atoms with E-state index >= 15 is 0 Å². The fourth-order valence-electron chi connectivity index (χ4n) is 3.68. The highest BCUT2D eigenvalue weighted by Crippen LogP contribution is 2.25. The summed E-state index contributed by atoms with van der Waals surface area (Å²) in [6, 6.07) is 20.8. The molecule has 0 heterocycles. The van der Waals surface area contributed by atoms with Crippen molar-refractivity contribution in [2.75, 3.05) is 10.8 Å². The molecule has 0 aromatic heterocycles. The molecule has 7 nitrogen and oxygen atoms in total. The number of benzene rings is 3. The van der Waals surface area contributed by atoms with Crippen LogP contribution in [0.2, 0.25) is 5.02 Å². The highest BCUT2D eigenvalue weighted by molar-refractivity contribution is 14.1. The Hall–Kier alpha value is -2.63. The van der Waals surface area contributed by atoms with Crippen molar-refractivity contribution in [2.24, 2.45) is 0 Å². The van der Waals surface area contributed by atoms with Gasteiger partial charge in [0.15, 0.2) is 0 Å². The molecule has 196 valence electrons. The minimum Gasteiger partial charge on any atom is -0.352 e. The van der Waals surface area contributed by atoms with Gasteiger partial charge in [-0.3, -0.25) is 13.9 Å². The van der Waals surface area contributed by atoms with E-state index < -0.39 is 28.5 Å². The summed E-state index contributed by atoms with van der Waals surface area (Å²) >= 11 is 8.28. The minimum atomic E-state index is -4.08. The van der Waals surface area contributed by atoms with Crippen molar-refractivity contribution in [3.05, 3.63) is 93.0 Å². The molecule has 0 aliphatic rings. The first-order valence-electron chi connectivity index (χ1n) is 11.7. The molecule has 1 atom stereocenters. The summed E-state index contributed by atoms with van der Waals surface area (Å²) in [5, 5.41) is 3.33. The van der Waals surface area contributed by atoms with Crippen LogP contribution in [0.5, 0.6) is 0 Å². The molecule has 0 aliphatic carbocycles. The van der Waals surface area contributed by atoms with Gasteiger partial charge in [-0.1, -0.05) is 41.9 Å². The highest BCUT2D eigenvalue weighted by Gasteiger charge is 2.32. The quantitative estimate of drug-likeness (QED) is 0.309. The number of amides is 2. The lowest BCUT2D eigenvalue weighted by Crippen LogP contribution is -2.52. The summed E-state index contributed by atoms with van der Waals surface area (Å²) in [5.74, 6) is -0.860. The van der Waals surface area contributed by atoms with Crippen LogP contribution < -0.4 is 9.62 Å². The molecule has 0 saturated carbocycles. The highest BCUT2D eigenvalue weighted by atomic mass is 127. The molecular weight excluding hydrogens is 625 g/mol. The molecule has 0 radical (unpaired) electrons. The molecule has 10 heteroatoms. The van der Waals surface area contributed by atoms with Crippen LogP contribution in [-0.2, 0) is 26.2 Å². The first kappa shape index (κ1) is 28.9. The molecule has 0 saturated heterocycles. The number of hydrogen-bond donors (Lipinski definition) is 1. The topological polar surface area (TPSA) is 86.8 Å². The maximum Gasteiger partial charge on any atom is 0.264 e. The maximum absolute atomic E-state index is 13.8. The normalized spacial score (nSPS) is 12.2. The Morgan fingerprint density at radius 2 is 1.59 bits per heavy atom. The monoisotopic (exact) mass is 653 g/mol. The van der Waals surface area contributed by atoms with Gasteiger partial charge in [0, 0.05) is 21.2 Å². The van der Waals surface area contributed by atoms with Gasteiger partial charge in [0.2, 0.25) is 11.8 Å². The molecule has 1 N–H and O–H groups in total. The van der Waals surface area contributed by atoms with Gasteiger partial charge in [-0.15, -0.1) is 0 Å². The molecule has 37 heavy (non-hydrogen) atoms. The van der Waals surface area contributed by atoms with E-state index in [1.165, 1.54) is 17.0 Å². The molecule has 1 unspecified atom stereocenters. The molecule has 3 rings (SSSR count). The smallest absolute Gasteiger partial charge is 0.264 e. The molecule has 0 fully saturated rings. The van der Waals surface area contributed by atoms with Crippen molar-refractivity contribution >= 4 is 61.7 Å². The summed E-state index contributed by atoms with van der Waals surface area (Å²) < 4.78 is 29.4. The van der Waals surface area contributed by atoms with E-state index in [0.29, 0.717) is 10.7 Å². The average molecular weight is 654 g/mol. The maximum atomic E-state index is 13.8. The fraction of sp³-hybridized carbons (Fsp3) is 0.259. The molecule has 0 bridgehead atoms. The van der Waals surface area contributed by atoms with E-state index in [9.17, 15) is 18.0 Å². The van der Waals surface area contributed by atoms with Crippen molar-refractivity contribution in [1.29, 1.82) is 0 Å². The first-order chi connectivity index (χ1) is 17.5. The number of anilines is 1. The summed E-state index contributed by atoms with van der Waals surface area (Å²) in [7, 11) is -4.08. The molecule has 0 aliphatic heterocycles. The van der Waals surface area contributed by atoms with Crippen molar-refractivity contribution in [3.63, 3.8) is 0 Å². The second-order valence-electron chi connectivity index (χ2n) is 8.79. The zero-order chi connectivity index (χ0) is 27.2. The Labute approximate surface area is 237 Å². The van der Waals surface area contributed by atoms with E-state index in [1.807, 2.05) is 13.8 Å². The van der Waals surface area contributed by atoms with Crippen LogP contribution in [0.4, 0.5) is 5.69 Å². The fourth-order valence-corrected chi connectivity index (χ4v) is 5.68. The molecular formula is C27H29ClIN3O4S. The van der Waals surface area contributed by atoms with E-state index in [0.717, 1.165) is 13.4 Å². The van der Waals surface area contributed by atoms with E-state index in [2.05, 4.69) is 27.9 Å². The van der Waals surface area contributed by atoms with Crippen LogP contribution >= 0.6 is 34.2 Å². The summed E-state index contributed by atoms with van der Waals surface area (Å²) in [4.78, 5) is 28.1. The van der Waals surface area contributed by atoms with Gasteiger partial charge in [0.05, 0.1) is 10.6 Å². The third-order valence-electron chi connectivity index (χ3n) is 5.56. The zero-order valence-corrected chi connectivity index (χ0v) is 24.5. The van der Waals surface area contributed by atoms with Crippen molar-refractivity contribution in [2.45, 2.75) is 44.3 Å². The number of rotatable bonds is 10. The number of hydrogen-bond acceptors (Lipinski definition) is 4. The van der Waals surface area contributed by atoms with Crippen LogP contribution in [-0.4, -0.2) is 43.8 Å². The van der Waals surface area contributed by atoms with Gasteiger partial charge in [-0.2, -0.15) is 0 Å². The van der Waals surface area contributed by atoms with Crippen molar-refractivity contribution in [1.82, 2.24) is 10.2 Å². The predicted octanol–water partition coefficient (Wildman–Crippen LogP) is 5.08. The lowest BCUT2D eigenvalue weighted by molar-refractivity contribution is -0.139. The zero-order valence-electron chi connectivity index (χ0n) is 20.8. The summed E-state index contributed by atoms with van der Waals surface area (Å²) in [5.41, 5.74) is 1.07. The van der Waals surface area contributed by atoms with Crippen molar-refractivity contribution < 1.29 is 18.0 Å². The molecule has 3 aromatic rings. The van der Waals surface area contributed by atoms with Gasteiger partial charge in [-0.05, 0) is 97.5 Å². The molecule has 3 aromatic carbocycles. The van der Waals surface area contributed by atoms with E-state index in [4.69, 9.17) is 11.6 Å². The van der Waals surface area contributed by atoms with Crippen LogP contribution in [0.25, 0.3) is 0 Å². The van der Waals surface area contributed by atoms with Gasteiger partial charge in [0.1, 0.15) is 12.6 Å². The molecule has 2 amide bonds. The van der Waals surface area contributed by atoms with Gasteiger partial charge in [0.25, 0.3) is 10.0 Å². The number of carbonyl (C=O) groups excluding carboxylic acids is 2. The van der Waals surface area contributed by atoms with E-state index in [1.54, 1.807) is 73.7 Å². The van der Waals surface area contributed by atoms with Gasteiger partial charge >= 0.3 is 0 Å². The minimum absolute atomic E-state index is 0.0633. The van der Waals surface area contributed by atoms with Crippen LogP contribution in [0.15, 0.2) is 83.8 Å². The third kappa shape index (κ3) is 7.68. The Morgan fingerprint density at radius 1 is 0.946 bits per heavy atom. The first-order valence-corrected chi connectivity index (χ1v) is 14.6. The Morgan fingerprint density at radius 3 is 2.19 bits per heavy atom. The van der Waals surface area contributed by atoms with Crippen LogP contribution in [0.1, 0.15) is 26.3 Å². The van der Waals surface area contributed by atoms with Crippen LogP contribution in [0, 0.1) is 3.57 Å². The summed E-state index contributed by atoms with van der Waals surface area (Å²) in [6.45, 7) is 4.88. The third-order valence-corrected chi connectivity index (χ3v) is 8.31. The van der Waals surface area contributed by atoms with Crippen LogP contribution in [0.3, 0.4) is 0 Å². The number of sulfonamides is 1. The number of halogens is 2.